The van der Waals surface area contributed by atoms with Crippen molar-refractivity contribution in [2.24, 2.45) is 0 Å². The number of halogens is 4. The summed E-state index contributed by atoms with van der Waals surface area (Å²) < 4.78 is 71.0. The SMILES string of the molecule is COc1ccc(S(=O)(=O)Nc2ccccc2C(F)(F)F)cc1I. The summed E-state index contributed by atoms with van der Waals surface area (Å²) in [5, 5.41) is 0. The van der Waals surface area contributed by atoms with Gasteiger partial charge in [0.2, 0.25) is 0 Å². The second-order valence-corrected chi connectivity index (χ2v) is 7.29. The van der Waals surface area contributed by atoms with Gasteiger partial charge in [-0.2, -0.15) is 13.2 Å². The third-order valence-electron chi connectivity index (χ3n) is 2.91. The quantitative estimate of drug-likeness (QED) is 0.704. The van der Waals surface area contributed by atoms with Crippen LogP contribution in [0.2, 0.25) is 0 Å². The summed E-state index contributed by atoms with van der Waals surface area (Å²) in [7, 11) is -2.72. The van der Waals surface area contributed by atoms with Crippen molar-refractivity contribution in [1.29, 1.82) is 0 Å². The molecule has 2 aromatic rings. The van der Waals surface area contributed by atoms with Crippen LogP contribution in [0.1, 0.15) is 5.56 Å². The van der Waals surface area contributed by atoms with E-state index in [2.05, 4.69) is 0 Å². The molecule has 0 saturated heterocycles. The van der Waals surface area contributed by atoms with Crippen LogP contribution >= 0.6 is 22.6 Å². The first-order valence-electron chi connectivity index (χ1n) is 6.18. The molecule has 0 aromatic heterocycles. The average molecular weight is 457 g/mol. The van der Waals surface area contributed by atoms with E-state index in [9.17, 15) is 21.6 Å². The Bertz CT molecular complexity index is 822. The molecule has 0 aliphatic carbocycles. The van der Waals surface area contributed by atoms with E-state index >= 15 is 0 Å². The fraction of sp³-hybridized carbons (Fsp3) is 0.143. The minimum absolute atomic E-state index is 0.153. The van der Waals surface area contributed by atoms with Crippen molar-refractivity contribution in [2.75, 3.05) is 11.8 Å². The average Bonchev–Trinajstić information content (AvgIpc) is 2.46. The van der Waals surface area contributed by atoms with Gasteiger partial charge in [0.05, 0.1) is 26.8 Å². The smallest absolute Gasteiger partial charge is 0.418 e. The molecule has 0 spiro atoms. The molecule has 124 valence electrons. The summed E-state index contributed by atoms with van der Waals surface area (Å²) in [4.78, 5) is -0.153. The molecule has 0 aliphatic heterocycles. The molecule has 0 unspecified atom stereocenters. The molecule has 4 nitrogen and oxygen atoms in total. The number of benzene rings is 2. The first-order valence-corrected chi connectivity index (χ1v) is 8.74. The summed E-state index contributed by atoms with van der Waals surface area (Å²) in [5.41, 5.74) is -1.57. The van der Waals surface area contributed by atoms with Crippen LogP contribution in [0.25, 0.3) is 0 Å². The highest BCUT2D eigenvalue weighted by Gasteiger charge is 2.34. The van der Waals surface area contributed by atoms with E-state index < -0.39 is 27.5 Å². The molecule has 9 heteroatoms. The lowest BCUT2D eigenvalue weighted by molar-refractivity contribution is -0.136. The van der Waals surface area contributed by atoms with Gasteiger partial charge in [-0.05, 0) is 52.9 Å². The monoisotopic (exact) mass is 457 g/mol. The third-order valence-corrected chi connectivity index (χ3v) is 5.12. The van der Waals surface area contributed by atoms with Crippen molar-refractivity contribution in [1.82, 2.24) is 0 Å². The van der Waals surface area contributed by atoms with Gasteiger partial charge >= 0.3 is 6.18 Å². The van der Waals surface area contributed by atoms with E-state index in [4.69, 9.17) is 4.74 Å². The molecule has 0 fully saturated rings. The maximum Gasteiger partial charge on any atom is 0.418 e. The molecule has 0 saturated carbocycles. The highest BCUT2D eigenvalue weighted by atomic mass is 127. The van der Waals surface area contributed by atoms with Gasteiger partial charge in [0.25, 0.3) is 10.0 Å². The molecule has 23 heavy (non-hydrogen) atoms. The first kappa shape index (κ1) is 17.9. The third kappa shape index (κ3) is 4.08. The van der Waals surface area contributed by atoms with Crippen molar-refractivity contribution in [3.05, 3.63) is 51.6 Å². The van der Waals surface area contributed by atoms with Crippen LogP contribution < -0.4 is 9.46 Å². The Hall–Kier alpha value is -1.49. The lowest BCUT2D eigenvalue weighted by Gasteiger charge is -2.15. The normalized spacial score (nSPS) is 12.0. The second kappa shape index (κ2) is 6.56. The number of hydrogen-bond acceptors (Lipinski definition) is 3. The van der Waals surface area contributed by atoms with Gasteiger partial charge in [-0.25, -0.2) is 8.42 Å². The summed E-state index contributed by atoms with van der Waals surface area (Å²) >= 11 is 1.88. The highest BCUT2D eigenvalue weighted by Crippen LogP contribution is 2.35. The number of anilines is 1. The van der Waals surface area contributed by atoms with Crippen molar-refractivity contribution in [3.63, 3.8) is 0 Å². The number of rotatable bonds is 4. The molecular weight excluding hydrogens is 446 g/mol. The standard InChI is InChI=1S/C14H11F3INO3S/c1-22-13-7-6-9(8-11(13)18)23(20,21)19-12-5-3-2-4-10(12)14(15,16)17/h2-8,19H,1H3. The van der Waals surface area contributed by atoms with Crippen LogP contribution in [0.5, 0.6) is 5.75 Å². The summed E-state index contributed by atoms with van der Waals surface area (Å²) in [6.45, 7) is 0. The highest BCUT2D eigenvalue weighted by molar-refractivity contribution is 14.1. The maximum atomic E-state index is 12.9. The van der Waals surface area contributed by atoms with E-state index in [1.165, 1.54) is 37.4 Å². The van der Waals surface area contributed by atoms with Crippen molar-refractivity contribution in [3.8, 4) is 5.75 Å². The van der Waals surface area contributed by atoms with Gasteiger partial charge in [0.1, 0.15) is 5.75 Å². The largest absolute Gasteiger partial charge is 0.496 e. The lowest BCUT2D eigenvalue weighted by atomic mass is 10.2. The van der Waals surface area contributed by atoms with Gasteiger partial charge in [-0.3, -0.25) is 4.72 Å². The Morgan fingerprint density at radius 1 is 1.13 bits per heavy atom. The van der Waals surface area contributed by atoms with Crippen molar-refractivity contribution >= 4 is 38.3 Å². The van der Waals surface area contributed by atoms with Gasteiger partial charge in [0, 0.05) is 0 Å². The molecule has 2 rings (SSSR count). The molecule has 0 aliphatic rings. The number of nitrogens with one attached hydrogen (secondary N) is 1. The van der Waals surface area contributed by atoms with E-state index in [0.29, 0.717) is 9.32 Å². The molecule has 1 N–H and O–H groups in total. The zero-order valence-electron chi connectivity index (χ0n) is 11.7. The number of para-hydroxylation sites is 1. The predicted octanol–water partition coefficient (Wildman–Crippen LogP) is 4.12. The minimum atomic E-state index is -4.66. The van der Waals surface area contributed by atoms with Crippen LogP contribution in [-0.2, 0) is 16.2 Å². The van der Waals surface area contributed by atoms with E-state index in [1.807, 2.05) is 27.3 Å². The van der Waals surface area contributed by atoms with Gasteiger partial charge < -0.3 is 4.74 Å². The van der Waals surface area contributed by atoms with Crippen LogP contribution in [0, 0.1) is 3.57 Å². The molecule has 0 amide bonds. The van der Waals surface area contributed by atoms with Crippen LogP contribution in [0.4, 0.5) is 18.9 Å². The Morgan fingerprint density at radius 2 is 1.78 bits per heavy atom. The first-order chi connectivity index (χ1) is 10.6. The van der Waals surface area contributed by atoms with Gasteiger partial charge in [-0.1, -0.05) is 12.1 Å². The number of hydrogen-bond donors (Lipinski definition) is 1. The molecule has 0 heterocycles. The van der Waals surface area contributed by atoms with Crippen LogP contribution in [0.3, 0.4) is 0 Å². The summed E-state index contributed by atoms with van der Waals surface area (Å²) in [6.07, 6.45) is -4.66. The number of alkyl halides is 3. The molecule has 0 atom stereocenters. The van der Waals surface area contributed by atoms with Crippen LogP contribution in [-0.4, -0.2) is 15.5 Å². The zero-order valence-corrected chi connectivity index (χ0v) is 14.7. The van der Waals surface area contributed by atoms with Gasteiger partial charge in [-0.15, -0.1) is 0 Å². The second-order valence-electron chi connectivity index (χ2n) is 4.45. The molecule has 2 aromatic carbocycles. The fourth-order valence-corrected chi connectivity index (χ4v) is 3.89. The van der Waals surface area contributed by atoms with Crippen molar-refractivity contribution in [2.45, 2.75) is 11.1 Å². The predicted molar refractivity (Wildman–Crippen MR) is 88.0 cm³/mol. The topological polar surface area (TPSA) is 55.4 Å². The Labute approximate surface area is 144 Å². The van der Waals surface area contributed by atoms with Crippen LogP contribution in [0.15, 0.2) is 47.4 Å². The number of methoxy groups -OCH3 is 1. The Kier molecular flexibility index (Phi) is 5.09. The number of sulfonamides is 1. The van der Waals surface area contributed by atoms with E-state index in [1.54, 1.807) is 0 Å². The van der Waals surface area contributed by atoms with Gasteiger partial charge in [0.15, 0.2) is 0 Å². The Balaban J connectivity index is 2.42. The van der Waals surface area contributed by atoms with E-state index in [0.717, 1.165) is 12.1 Å². The molecule has 0 radical (unpaired) electrons. The maximum absolute atomic E-state index is 12.9. The minimum Gasteiger partial charge on any atom is -0.496 e. The summed E-state index contributed by atoms with van der Waals surface area (Å²) in [6, 6.07) is 8.41. The molecule has 0 bridgehead atoms. The van der Waals surface area contributed by atoms with Crippen molar-refractivity contribution < 1.29 is 26.3 Å². The Morgan fingerprint density at radius 3 is 2.35 bits per heavy atom. The number of ether oxygens (including phenoxy) is 1. The zero-order chi connectivity index (χ0) is 17.3. The summed E-state index contributed by atoms with van der Waals surface area (Å²) in [5.74, 6) is 0.472. The fourth-order valence-electron chi connectivity index (χ4n) is 1.84. The molecular formula is C14H11F3INO3S. The van der Waals surface area contributed by atoms with E-state index in [-0.39, 0.29) is 4.90 Å². The lowest BCUT2D eigenvalue weighted by Crippen LogP contribution is -2.17.